The molecular formula is C17H18Cl2N2O3. The van der Waals surface area contributed by atoms with E-state index in [9.17, 15) is 4.79 Å². The van der Waals surface area contributed by atoms with Gasteiger partial charge in [0.15, 0.2) is 0 Å². The Morgan fingerprint density at radius 1 is 1.04 bits per heavy atom. The summed E-state index contributed by atoms with van der Waals surface area (Å²) in [4.78, 5) is 12.2. The van der Waals surface area contributed by atoms with Crippen molar-refractivity contribution in [1.29, 1.82) is 0 Å². The Hall–Kier alpha value is -2.11. The number of carbonyl (C=O) groups is 1. The zero-order chi connectivity index (χ0) is 17.7. The lowest BCUT2D eigenvalue weighted by Crippen LogP contribution is -2.22. The lowest BCUT2D eigenvalue weighted by molar-refractivity contribution is -0.114. The predicted molar refractivity (Wildman–Crippen MR) is 97.9 cm³/mol. The van der Waals surface area contributed by atoms with E-state index in [2.05, 4.69) is 10.6 Å². The smallest absolute Gasteiger partial charge is 0.243 e. The van der Waals surface area contributed by atoms with Gasteiger partial charge in [-0.15, -0.1) is 0 Å². The fourth-order valence-electron chi connectivity index (χ4n) is 2.11. The third-order valence-corrected chi connectivity index (χ3v) is 4.16. The normalized spacial score (nSPS) is 10.2. The topological polar surface area (TPSA) is 59.6 Å². The van der Waals surface area contributed by atoms with E-state index >= 15 is 0 Å². The minimum absolute atomic E-state index is 0.0487. The molecule has 0 fully saturated rings. The summed E-state index contributed by atoms with van der Waals surface area (Å²) >= 11 is 12.1. The van der Waals surface area contributed by atoms with E-state index in [1.807, 2.05) is 6.92 Å². The van der Waals surface area contributed by atoms with Gasteiger partial charge in [0.05, 0.1) is 31.5 Å². The molecule has 0 saturated heterocycles. The van der Waals surface area contributed by atoms with Gasteiger partial charge in [0.1, 0.15) is 11.5 Å². The van der Waals surface area contributed by atoms with Crippen molar-refractivity contribution in [2.75, 3.05) is 31.4 Å². The molecule has 1 amide bonds. The Morgan fingerprint density at radius 3 is 2.42 bits per heavy atom. The van der Waals surface area contributed by atoms with Crippen LogP contribution in [0, 0.1) is 6.92 Å². The van der Waals surface area contributed by atoms with Crippen LogP contribution in [0.1, 0.15) is 5.56 Å². The van der Waals surface area contributed by atoms with Gasteiger partial charge < -0.3 is 20.1 Å². The summed E-state index contributed by atoms with van der Waals surface area (Å²) in [5, 5.41) is 6.86. The molecule has 0 radical (unpaired) electrons. The zero-order valence-corrected chi connectivity index (χ0v) is 15.1. The molecule has 128 valence electrons. The Morgan fingerprint density at radius 2 is 1.75 bits per heavy atom. The first-order valence-electron chi connectivity index (χ1n) is 7.16. The largest absolute Gasteiger partial charge is 0.495 e. The molecular weight excluding hydrogens is 351 g/mol. The Labute approximate surface area is 150 Å². The molecule has 2 aromatic rings. The first-order chi connectivity index (χ1) is 11.5. The summed E-state index contributed by atoms with van der Waals surface area (Å²) in [7, 11) is 3.05. The molecule has 2 aromatic carbocycles. The maximum absolute atomic E-state index is 12.2. The summed E-state index contributed by atoms with van der Waals surface area (Å²) < 4.78 is 10.4. The second-order valence-electron chi connectivity index (χ2n) is 5.00. The third-order valence-electron chi connectivity index (χ3n) is 3.46. The van der Waals surface area contributed by atoms with Crippen molar-refractivity contribution in [3.8, 4) is 11.5 Å². The zero-order valence-electron chi connectivity index (χ0n) is 13.6. The fraction of sp³-hybridized carbons (Fsp3) is 0.235. The number of rotatable bonds is 6. The number of anilines is 2. The van der Waals surface area contributed by atoms with Gasteiger partial charge in [-0.25, -0.2) is 0 Å². The number of amides is 1. The highest BCUT2D eigenvalue weighted by Gasteiger charge is 2.12. The van der Waals surface area contributed by atoms with Crippen molar-refractivity contribution in [3.63, 3.8) is 0 Å². The van der Waals surface area contributed by atoms with Gasteiger partial charge in [0.25, 0.3) is 0 Å². The monoisotopic (exact) mass is 368 g/mol. The van der Waals surface area contributed by atoms with Crippen molar-refractivity contribution in [3.05, 3.63) is 45.9 Å². The number of nitrogens with one attached hydrogen (secondary N) is 2. The lowest BCUT2D eigenvalue weighted by atomic mass is 10.2. The van der Waals surface area contributed by atoms with Gasteiger partial charge in [0, 0.05) is 22.8 Å². The fourth-order valence-corrected chi connectivity index (χ4v) is 2.52. The summed E-state index contributed by atoms with van der Waals surface area (Å²) in [6.07, 6.45) is 0. The van der Waals surface area contributed by atoms with Crippen LogP contribution in [0.4, 0.5) is 11.4 Å². The highest BCUT2D eigenvalue weighted by Crippen LogP contribution is 2.35. The number of methoxy groups -OCH3 is 2. The highest BCUT2D eigenvalue weighted by molar-refractivity contribution is 6.32. The summed E-state index contributed by atoms with van der Waals surface area (Å²) in [5.41, 5.74) is 2.10. The molecule has 0 aliphatic heterocycles. The van der Waals surface area contributed by atoms with Crippen LogP contribution in [-0.2, 0) is 4.79 Å². The highest BCUT2D eigenvalue weighted by atomic mass is 35.5. The number of benzene rings is 2. The number of hydrogen-bond donors (Lipinski definition) is 2. The molecule has 0 saturated carbocycles. The van der Waals surface area contributed by atoms with Crippen LogP contribution < -0.4 is 20.1 Å². The summed E-state index contributed by atoms with van der Waals surface area (Å²) in [6.45, 7) is 1.89. The van der Waals surface area contributed by atoms with Gasteiger partial charge >= 0.3 is 0 Å². The molecule has 0 aliphatic carbocycles. The van der Waals surface area contributed by atoms with Crippen molar-refractivity contribution >= 4 is 40.5 Å². The van der Waals surface area contributed by atoms with Crippen LogP contribution in [0.2, 0.25) is 10.0 Å². The van der Waals surface area contributed by atoms with E-state index in [4.69, 9.17) is 32.7 Å². The van der Waals surface area contributed by atoms with Crippen molar-refractivity contribution in [2.24, 2.45) is 0 Å². The second-order valence-corrected chi connectivity index (χ2v) is 5.82. The van der Waals surface area contributed by atoms with E-state index in [0.717, 1.165) is 5.56 Å². The molecule has 0 aromatic heterocycles. The van der Waals surface area contributed by atoms with Gasteiger partial charge in [-0.1, -0.05) is 29.3 Å². The van der Waals surface area contributed by atoms with E-state index in [-0.39, 0.29) is 12.5 Å². The van der Waals surface area contributed by atoms with Crippen molar-refractivity contribution < 1.29 is 14.3 Å². The third kappa shape index (κ3) is 4.24. The lowest BCUT2D eigenvalue weighted by Gasteiger charge is -2.14. The van der Waals surface area contributed by atoms with Crippen LogP contribution in [-0.4, -0.2) is 26.7 Å². The molecule has 2 N–H and O–H groups in total. The van der Waals surface area contributed by atoms with E-state index < -0.39 is 0 Å². The number of hydrogen-bond acceptors (Lipinski definition) is 4. The maximum Gasteiger partial charge on any atom is 0.243 e. The first-order valence-corrected chi connectivity index (χ1v) is 7.92. The van der Waals surface area contributed by atoms with E-state index in [1.54, 1.807) is 30.3 Å². The predicted octanol–water partition coefficient (Wildman–Crippen LogP) is 4.37. The average Bonchev–Trinajstić information content (AvgIpc) is 2.57. The van der Waals surface area contributed by atoms with E-state index in [1.165, 1.54) is 14.2 Å². The standard InChI is InChI=1S/C17H18Cl2N2O3/c1-10-11(18)5-4-6-13(10)21-17(22)9-20-14-8-15(23-2)12(19)7-16(14)24-3/h4-8,20H,9H2,1-3H3,(H,21,22). The number of halogens is 2. The van der Waals surface area contributed by atoms with Crippen LogP contribution in [0.3, 0.4) is 0 Å². The minimum atomic E-state index is -0.212. The van der Waals surface area contributed by atoms with Crippen molar-refractivity contribution in [2.45, 2.75) is 6.92 Å². The molecule has 0 bridgehead atoms. The van der Waals surface area contributed by atoms with Crippen LogP contribution in [0.5, 0.6) is 11.5 Å². The van der Waals surface area contributed by atoms with Crippen LogP contribution in [0.15, 0.2) is 30.3 Å². The molecule has 0 aliphatic rings. The molecule has 0 unspecified atom stereocenters. The van der Waals surface area contributed by atoms with Crippen LogP contribution in [0.25, 0.3) is 0 Å². The molecule has 0 atom stereocenters. The molecule has 7 heteroatoms. The molecule has 0 heterocycles. The van der Waals surface area contributed by atoms with Crippen molar-refractivity contribution in [1.82, 2.24) is 0 Å². The average molecular weight is 369 g/mol. The van der Waals surface area contributed by atoms with Gasteiger partial charge in [-0.05, 0) is 24.6 Å². The SMILES string of the molecule is COc1cc(NCC(=O)Nc2cccc(Cl)c2C)c(OC)cc1Cl. The van der Waals surface area contributed by atoms with E-state index in [0.29, 0.717) is 32.9 Å². The Balaban J connectivity index is 2.07. The van der Waals surface area contributed by atoms with Crippen LogP contribution >= 0.6 is 23.2 Å². The minimum Gasteiger partial charge on any atom is -0.495 e. The van der Waals surface area contributed by atoms with Gasteiger partial charge in [-0.3, -0.25) is 4.79 Å². The van der Waals surface area contributed by atoms with Gasteiger partial charge in [0.2, 0.25) is 5.91 Å². The number of ether oxygens (including phenoxy) is 2. The van der Waals surface area contributed by atoms with Gasteiger partial charge in [-0.2, -0.15) is 0 Å². The Kier molecular flexibility index (Phi) is 6.17. The number of carbonyl (C=O) groups excluding carboxylic acids is 1. The summed E-state index contributed by atoms with van der Waals surface area (Å²) in [5.74, 6) is 0.801. The molecule has 24 heavy (non-hydrogen) atoms. The quantitative estimate of drug-likeness (QED) is 0.794. The molecule has 2 rings (SSSR count). The summed E-state index contributed by atoms with van der Waals surface area (Å²) in [6, 6.07) is 8.66. The Bertz CT molecular complexity index is 751. The first kappa shape index (κ1) is 18.2. The maximum atomic E-state index is 12.2. The second kappa shape index (κ2) is 8.13. The molecule has 0 spiro atoms. The molecule has 5 nitrogen and oxygen atoms in total.